The Hall–Kier alpha value is -5.92. The number of benzene rings is 2. The van der Waals surface area contributed by atoms with Crippen LogP contribution in [0.5, 0.6) is 0 Å². The van der Waals surface area contributed by atoms with E-state index in [1.807, 2.05) is 10.0 Å². The van der Waals surface area contributed by atoms with Crippen LogP contribution in [-0.4, -0.2) is 59.1 Å². The molecular weight excluding hydrogens is 759 g/mol. The van der Waals surface area contributed by atoms with E-state index in [0.717, 1.165) is 39.5 Å². The smallest absolute Gasteiger partial charge is 0.402 e. The van der Waals surface area contributed by atoms with Gasteiger partial charge in [0.05, 0.1) is 22.8 Å². The maximum Gasteiger partial charge on any atom is 0.402 e. The van der Waals surface area contributed by atoms with Crippen LogP contribution < -0.4 is 26.6 Å². The molecule has 4 aromatic rings. The number of carbonyl (C=O) groups excluding carboxylic acids is 3. The number of anilines is 2. The largest absolute Gasteiger partial charge is 0.464 e. The minimum absolute atomic E-state index is 0.0272. The molecule has 0 aliphatic carbocycles. The highest BCUT2D eigenvalue weighted by molar-refractivity contribution is 7.92. The maximum atomic E-state index is 15.3. The fourth-order valence-electron chi connectivity index (χ4n) is 4.60. The van der Waals surface area contributed by atoms with Crippen LogP contribution in [0.2, 0.25) is 0 Å². The molecule has 0 aliphatic heterocycles. The SMILES string of the molecule is CC(C)COC(=O)[C@H](Cc1ccc(-n2c(=O)ccn(C)c2=O)nc1)NC(=O)c1cc(F)c(NS(=O)(=O)c2ccc(NC(=O)C(C)(C)C(F)(F)F)cc2)cc1F. The maximum absolute atomic E-state index is 15.3. The van der Waals surface area contributed by atoms with Crippen molar-refractivity contribution < 1.29 is 49.5 Å². The second kappa shape index (κ2) is 16.2. The molecule has 2 heterocycles. The summed E-state index contributed by atoms with van der Waals surface area (Å²) in [6, 6.07) is 7.01. The third kappa shape index (κ3) is 9.80. The molecule has 294 valence electrons. The fraction of sp³-hybridized carbons (Fsp3) is 0.314. The first-order chi connectivity index (χ1) is 25.5. The van der Waals surface area contributed by atoms with Crippen molar-refractivity contribution in [3.05, 3.63) is 111 Å². The van der Waals surface area contributed by atoms with Gasteiger partial charge in [0.15, 0.2) is 0 Å². The van der Waals surface area contributed by atoms with Crippen molar-refractivity contribution in [3.63, 3.8) is 0 Å². The fourth-order valence-corrected chi connectivity index (χ4v) is 5.66. The zero-order chi connectivity index (χ0) is 41.0. The Bertz CT molecular complexity index is 2330. The molecule has 55 heavy (non-hydrogen) atoms. The summed E-state index contributed by atoms with van der Waals surface area (Å²) >= 11 is 0. The number of alkyl halides is 3. The lowest BCUT2D eigenvalue weighted by Crippen LogP contribution is -2.44. The number of aromatic nitrogens is 3. The first kappa shape index (κ1) is 41.8. The molecule has 0 saturated carbocycles. The van der Waals surface area contributed by atoms with Crippen molar-refractivity contribution in [1.82, 2.24) is 19.4 Å². The monoisotopic (exact) mass is 794 g/mol. The second-order valence-corrected chi connectivity index (χ2v) is 14.9. The van der Waals surface area contributed by atoms with Crippen molar-refractivity contribution >= 4 is 39.2 Å². The Morgan fingerprint density at radius 3 is 2.18 bits per heavy atom. The Kier molecular flexibility index (Phi) is 12.3. The average Bonchev–Trinajstić information content (AvgIpc) is 3.10. The van der Waals surface area contributed by atoms with E-state index >= 15 is 8.78 Å². The number of nitrogens with one attached hydrogen (secondary N) is 3. The Labute approximate surface area is 310 Å². The molecule has 2 amide bonds. The van der Waals surface area contributed by atoms with E-state index in [0.29, 0.717) is 31.5 Å². The van der Waals surface area contributed by atoms with Crippen molar-refractivity contribution in [2.45, 2.75) is 51.2 Å². The summed E-state index contributed by atoms with van der Waals surface area (Å²) in [5, 5.41) is 4.32. The number of nitrogens with zero attached hydrogens (tertiary/aromatic N) is 3. The van der Waals surface area contributed by atoms with Crippen LogP contribution in [0.3, 0.4) is 0 Å². The number of halogens is 5. The van der Waals surface area contributed by atoms with E-state index in [1.165, 1.54) is 31.6 Å². The number of carbonyl (C=O) groups is 3. The average molecular weight is 795 g/mol. The standard InChI is InChI=1S/C35H35F5N6O8S/c1-19(2)18-54-31(49)27(14-20-6-11-28(41-17-20)46-29(47)12-13-45(5)33(46)51)43-30(48)23-15-25(37)26(16-24(23)36)44-55(52,53)22-9-7-21(8-10-22)42-32(50)34(3,4)35(38,39)40/h6-13,15-17,19,27,44H,14,18H2,1-5H3,(H,42,50)(H,43,48)/t27-/m0/s1. The van der Waals surface area contributed by atoms with E-state index in [9.17, 15) is 45.6 Å². The number of hydrogen-bond donors (Lipinski definition) is 3. The number of amides is 2. The molecule has 0 aliphatic rings. The third-order valence-electron chi connectivity index (χ3n) is 8.03. The molecule has 1 atom stereocenters. The molecule has 2 aromatic carbocycles. The second-order valence-electron chi connectivity index (χ2n) is 13.2. The molecule has 2 aromatic heterocycles. The van der Waals surface area contributed by atoms with Gasteiger partial charge in [0.1, 0.15) is 28.9 Å². The Balaban J connectivity index is 1.52. The minimum atomic E-state index is -4.87. The lowest BCUT2D eigenvalue weighted by molar-refractivity contribution is -0.208. The number of hydrogen-bond acceptors (Lipinski definition) is 9. The predicted molar refractivity (Wildman–Crippen MR) is 188 cm³/mol. The highest BCUT2D eigenvalue weighted by Gasteiger charge is 2.53. The molecule has 0 spiro atoms. The van der Waals surface area contributed by atoms with E-state index in [1.54, 1.807) is 13.8 Å². The van der Waals surface area contributed by atoms with E-state index in [4.69, 9.17) is 4.74 Å². The summed E-state index contributed by atoms with van der Waals surface area (Å²) in [5.41, 5.74) is -5.75. The third-order valence-corrected chi connectivity index (χ3v) is 9.41. The van der Waals surface area contributed by atoms with Gasteiger partial charge >= 0.3 is 17.8 Å². The topological polar surface area (TPSA) is 188 Å². The summed E-state index contributed by atoms with van der Waals surface area (Å²) < 4.78 is 105. The van der Waals surface area contributed by atoms with Gasteiger partial charge in [-0.1, -0.05) is 19.9 Å². The number of sulfonamides is 1. The van der Waals surface area contributed by atoms with Gasteiger partial charge in [0, 0.05) is 43.7 Å². The summed E-state index contributed by atoms with van der Waals surface area (Å²) in [5.74, 6) is -6.53. The lowest BCUT2D eigenvalue weighted by Gasteiger charge is -2.26. The number of pyridine rings is 1. The van der Waals surface area contributed by atoms with Gasteiger partial charge in [0.2, 0.25) is 5.91 Å². The quantitative estimate of drug-likeness (QED) is 0.132. The first-order valence-corrected chi connectivity index (χ1v) is 17.7. The van der Waals surface area contributed by atoms with Crippen molar-refractivity contribution in [2.75, 3.05) is 16.6 Å². The van der Waals surface area contributed by atoms with Crippen molar-refractivity contribution in [3.8, 4) is 5.82 Å². The van der Waals surface area contributed by atoms with Crippen LogP contribution in [0, 0.1) is 23.0 Å². The molecule has 20 heteroatoms. The van der Waals surface area contributed by atoms with Crippen LogP contribution in [0.1, 0.15) is 43.6 Å². The van der Waals surface area contributed by atoms with Gasteiger partial charge < -0.3 is 19.9 Å². The number of ether oxygens (including phenoxy) is 1. The minimum Gasteiger partial charge on any atom is -0.464 e. The van der Waals surface area contributed by atoms with Gasteiger partial charge in [-0.3, -0.25) is 19.1 Å². The molecule has 14 nitrogen and oxygen atoms in total. The molecule has 4 rings (SSSR count). The summed E-state index contributed by atoms with van der Waals surface area (Å²) in [6.45, 7) is 4.79. The van der Waals surface area contributed by atoms with Gasteiger partial charge in [-0.15, -0.1) is 0 Å². The highest BCUT2D eigenvalue weighted by Crippen LogP contribution is 2.38. The summed E-state index contributed by atoms with van der Waals surface area (Å²) in [4.78, 5) is 66.7. The molecule has 3 N–H and O–H groups in total. The van der Waals surface area contributed by atoms with Crippen LogP contribution in [0.25, 0.3) is 5.82 Å². The molecular formula is C35H35F5N6O8S. The predicted octanol–water partition coefficient (Wildman–Crippen LogP) is 4.08. The number of aryl methyl sites for hydroxylation is 1. The Morgan fingerprint density at radius 1 is 0.945 bits per heavy atom. The Morgan fingerprint density at radius 2 is 1.60 bits per heavy atom. The molecule has 0 unspecified atom stereocenters. The van der Waals surface area contributed by atoms with Gasteiger partial charge in [-0.25, -0.2) is 36.3 Å². The van der Waals surface area contributed by atoms with E-state index in [2.05, 4.69) is 10.3 Å². The van der Waals surface area contributed by atoms with Gasteiger partial charge in [0.25, 0.3) is 21.5 Å². The normalized spacial score (nSPS) is 12.6. The van der Waals surface area contributed by atoms with Crippen LogP contribution in [0.15, 0.2) is 81.5 Å². The zero-order valence-electron chi connectivity index (χ0n) is 29.8. The van der Waals surface area contributed by atoms with Crippen LogP contribution >= 0.6 is 0 Å². The van der Waals surface area contributed by atoms with E-state index in [-0.39, 0.29) is 30.5 Å². The first-order valence-electron chi connectivity index (χ1n) is 16.2. The zero-order valence-corrected chi connectivity index (χ0v) is 30.6. The van der Waals surface area contributed by atoms with Crippen LogP contribution in [-0.2, 0) is 37.8 Å². The van der Waals surface area contributed by atoms with Crippen molar-refractivity contribution in [2.24, 2.45) is 18.4 Å². The molecule has 0 saturated heterocycles. The van der Waals surface area contributed by atoms with Gasteiger partial charge in [-0.05, 0) is 61.7 Å². The highest BCUT2D eigenvalue weighted by atomic mass is 32.2. The number of esters is 1. The molecule has 0 bridgehead atoms. The van der Waals surface area contributed by atoms with Crippen LogP contribution in [0.4, 0.5) is 33.3 Å². The summed E-state index contributed by atoms with van der Waals surface area (Å²) in [7, 11) is -3.21. The van der Waals surface area contributed by atoms with Gasteiger partial charge in [-0.2, -0.15) is 13.2 Å². The summed E-state index contributed by atoms with van der Waals surface area (Å²) in [6.07, 6.45) is -2.62. The lowest BCUT2D eigenvalue weighted by atomic mass is 9.91. The molecule has 0 fully saturated rings. The van der Waals surface area contributed by atoms with Crippen molar-refractivity contribution in [1.29, 1.82) is 0 Å². The number of rotatable bonds is 13. The van der Waals surface area contributed by atoms with E-state index < -0.39 is 84.5 Å². The molecule has 0 radical (unpaired) electrons.